The minimum Gasteiger partial charge on any atom is -0.385 e. The van der Waals surface area contributed by atoms with Gasteiger partial charge in [0.15, 0.2) is 0 Å². The summed E-state index contributed by atoms with van der Waals surface area (Å²) in [4.78, 5) is 0. The van der Waals surface area contributed by atoms with Gasteiger partial charge in [0, 0.05) is 26.9 Å². The van der Waals surface area contributed by atoms with Crippen molar-refractivity contribution in [3.8, 4) is 0 Å². The maximum absolute atomic E-state index is 5.44. The van der Waals surface area contributed by atoms with Gasteiger partial charge in [-0.25, -0.2) is 0 Å². The summed E-state index contributed by atoms with van der Waals surface area (Å²) in [7, 11) is 1.78. The molecule has 1 saturated heterocycles. The van der Waals surface area contributed by atoms with E-state index in [0.717, 1.165) is 31.7 Å². The Labute approximate surface area is 75.2 Å². The average molecular weight is 172 g/mol. The van der Waals surface area contributed by atoms with Gasteiger partial charge in [0.2, 0.25) is 0 Å². The third-order valence-corrected chi connectivity index (χ3v) is 2.85. The Morgan fingerprint density at radius 1 is 1.42 bits per heavy atom. The molecule has 12 heavy (non-hydrogen) atoms. The van der Waals surface area contributed by atoms with E-state index in [-0.39, 0.29) is 0 Å². The molecule has 1 aliphatic heterocycles. The molecule has 0 aromatic heterocycles. The van der Waals surface area contributed by atoms with Gasteiger partial charge in [-0.1, -0.05) is 13.3 Å². The molecule has 0 saturated carbocycles. The van der Waals surface area contributed by atoms with Crippen molar-refractivity contribution in [3.05, 3.63) is 0 Å². The molecule has 2 unspecified atom stereocenters. The molecule has 0 bridgehead atoms. The van der Waals surface area contributed by atoms with Gasteiger partial charge in [0.05, 0.1) is 0 Å². The minimum absolute atomic E-state index is 0.772. The standard InChI is InChI=1S/C10H20O2/c1-3-9-8-12-7-5-10(9)4-6-11-2/h9-10H,3-8H2,1-2H3. The van der Waals surface area contributed by atoms with Crippen molar-refractivity contribution < 1.29 is 9.47 Å². The Balaban J connectivity index is 2.26. The van der Waals surface area contributed by atoms with Gasteiger partial charge in [-0.05, 0) is 24.7 Å². The minimum atomic E-state index is 0.772. The normalized spacial score (nSPS) is 30.5. The van der Waals surface area contributed by atoms with Gasteiger partial charge in [-0.3, -0.25) is 0 Å². The number of ether oxygens (including phenoxy) is 2. The second kappa shape index (κ2) is 5.55. The fourth-order valence-electron chi connectivity index (χ4n) is 1.94. The zero-order chi connectivity index (χ0) is 8.81. The maximum atomic E-state index is 5.44. The Bertz CT molecular complexity index is 114. The first-order chi connectivity index (χ1) is 5.88. The van der Waals surface area contributed by atoms with E-state index in [1.807, 2.05) is 0 Å². The van der Waals surface area contributed by atoms with Crippen molar-refractivity contribution >= 4 is 0 Å². The highest BCUT2D eigenvalue weighted by molar-refractivity contribution is 4.72. The zero-order valence-electron chi connectivity index (χ0n) is 8.21. The van der Waals surface area contributed by atoms with Crippen molar-refractivity contribution in [1.82, 2.24) is 0 Å². The van der Waals surface area contributed by atoms with Crippen LogP contribution in [0, 0.1) is 11.8 Å². The topological polar surface area (TPSA) is 18.5 Å². The monoisotopic (exact) mass is 172 g/mol. The summed E-state index contributed by atoms with van der Waals surface area (Å²) in [5, 5.41) is 0. The molecule has 0 aliphatic carbocycles. The predicted octanol–water partition coefficient (Wildman–Crippen LogP) is 2.09. The zero-order valence-corrected chi connectivity index (χ0v) is 8.21. The maximum Gasteiger partial charge on any atom is 0.0496 e. The lowest BCUT2D eigenvalue weighted by Gasteiger charge is -2.30. The lowest BCUT2D eigenvalue weighted by molar-refractivity contribution is 0.00479. The fraction of sp³-hybridized carbons (Fsp3) is 1.00. The summed E-state index contributed by atoms with van der Waals surface area (Å²) in [5.41, 5.74) is 0. The van der Waals surface area contributed by atoms with E-state index in [2.05, 4.69) is 6.92 Å². The van der Waals surface area contributed by atoms with Crippen LogP contribution < -0.4 is 0 Å². The van der Waals surface area contributed by atoms with Gasteiger partial charge >= 0.3 is 0 Å². The molecule has 0 aromatic rings. The van der Waals surface area contributed by atoms with Crippen LogP contribution in [0.1, 0.15) is 26.2 Å². The Kier molecular flexibility index (Phi) is 4.62. The molecular formula is C10H20O2. The summed E-state index contributed by atoms with van der Waals surface area (Å²) in [6.07, 6.45) is 3.68. The van der Waals surface area contributed by atoms with Crippen LogP contribution in [0.5, 0.6) is 0 Å². The molecule has 1 fully saturated rings. The van der Waals surface area contributed by atoms with Crippen molar-refractivity contribution in [3.63, 3.8) is 0 Å². The molecule has 1 heterocycles. The second-order valence-electron chi connectivity index (χ2n) is 3.57. The van der Waals surface area contributed by atoms with Crippen LogP contribution in [0.15, 0.2) is 0 Å². The van der Waals surface area contributed by atoms with Crippen molar-refractivity contribution in [1.29, 1.82) is 0 Å². The SMILES string of the molecule is CCC1COCCC1CCOC. The molecular weight excluding hydrogens is 152 g/mol. The molecule has 1 aliphatic rings. The number of hydrogen-bond acceptors (Lipinski definition) is 2. The van der Waals surface area contributed by atoms with E-state index >= 15 is 0 Å². The number of rotatable bonds is 4. The average Bonchev–Trinajstić information content (AvgIpc) is 2.15. The van der Waals surface area contributed by atoms with E-state index in [1.165, 1.54) is 19.3 Å². The van der Waals surface area contributed by atoms with Crippen LogP contribution >= 0.6 is 0 Å². The smallest absolute Gasteiger partial charge is 0.0496 e. The molecule has 72 valence electrons. The lowest BCUT2D eigenvalue weighted by Crippen LogP contribution is -2.27. The van der Waals surface area contributed by atoms with E-state index in [1.54, 1.807) is 7.11 Å². The molecule has 0 radical (unpaired) electrons. The van der Waals surface area contributed by atoms with Crippen LogP contribution in [0.25, 0.3) is 0 Å². The summed E-state index contributed by atoms with van der Waals surface area (Å²) >= 11 is 0. The van der Waals surface area contributed by atoms with Crippen LogP contribution in [-0.4, -0.2) is 26.9 Å². The molecule has 2 atom stereocenters. The third-order valence-electron chi connectivity index (χ3n) is 2.85. The summed E-state index contributed by atoms with van der Waals surface area (Å²) < 4.78 is 10.5. The summed E-state index contributed by atoms with van der Waals surface area (Å²) in [6, 6.07) is 0. The Morgan fingerprint density at radius 3 is 2.92 bits per heavy atom. The highest BCUT2D eigenvalue weighted by Gasteiger charge is 2.23. The quantitative estimate of drug-likeness (QED) is 0.646. The van der Waals surface area contributed by atoms with E-state index < -0.39 is 0 Å². The van der Waals surface area contributed by atoms with Crippen molar-refractivity contribution in [2.24, 2.45) is 11.8 Å². The summed E-state index contributed by atoms with van der Waals surface area (Å²) in [6.45, 7) is 5.07. The summed E-state index contributed by atoms with van der Waals surface area (Å²) in [5.74, 6) is 1.61. The first kappa shape index (κ1) is 10.0. The highest BCUT2D eigenvalue weighted by atomic mass is 16.5. The van der Waals surface area contributed by atoms with Gasteiger partial charge in [0.25, 0.3) is 0 Å². The highest BCUT2D eigenvalue weighted by Crippen LogP contribution is 2.27. The van der Waals surface area contributed by atoms with Crippen LogP contribution in [0.2, 0.25) is 0 Å². The molecule has 0 N–H and O–H groups in total. The first-order valence-corrected chi connectivity index (χ1v) is 4.95. The second-order valence-corrected chi connectivity index (χ2v) is 3.57. The van der Waals surface area contributed by atoms with E-state index in [0.29, 0.717) is 0 Å². The van der Waals surface area contributed by atoms with Gasteiger partial charge < -0.3 is 9.47 Å². The first-order valence-electron chi connectivity index (χ1n) is 4.95. The fourth-order valence-corrected chi connectivity index (χ4v) is 1.94. The van der Waals surface area contributed by atoms with Crippen LogP contribution in [-0.2, 0) is 9.47 Å². The van der Waals surface area contributed by atoms with Crippen molar-refractivity contribution in [2.75, 3.05) is 26.9 Å². The largest absolute Gasteiger partial charge is 0.385 e. The molecule has 2 nitrogen and oxygen atoms in total. The predicted molar refractivity (Wildman–Crippen MR) is 49.2 cm³/mol. The van der Waals surface area contributed by atoms with Crippen molar-refractivity contribution in [2.45, 2.75) is 26.2 Å². The van der Waals surface area contributed by atoms with E-state index in [9.17, 15) is 0 Å². The lowest BCUT2D eigenvalue weighted by atomic mass is 9.84. The van der Waals surface area contributed by atoms with Crippen LogP contribution in [0.4, 0.5) is 0 Å². The third kappa shape index (κ3) is 2.76. The van der Waals surface area contributed by atoms with E-state index in [4.69, 9.17) is 9.47 Å². The molecule has 0 spiro atoms. The van der Waals surface area contributed by atoms with Gasteiger partial charge in [-0.15, -0.1) is 0 Å². The Hall–Kier alpha value is -0.0800. The van der Waals surface area contributed by atoms with Gasteiger partial charge in [0.1, 0.15) is 0 Å². The molecule has 2 heteroatoms. The van der Waals surface area contributed by atoms with Crippen LogP contribution in [0.3, 0.4) is 0 Å². The number of hydrogen-bond donors (Lipinski definition) is 0. The Morgan fingerprint density at radius 2 is 2.25 bits per heavy atom. The number of methoxy groups -OCH3 is 1. The molecule has 0 aromatic carbocycles. The molecule has 0 amide bonds. The molecule has 1 rings (SSSR count). The van der Waals surface area contributed by atoms with Gasteiger partial charge in [-0.2, -0.15) is 0 Å².